The van der Waals surface area contributed by atoms with Crippen molar-refractivity contribution in [3.8, 4) is 5.75 Å². The fraction of sp³-hybridized carbons (Fsp3) is 0.231. The van der Waals surface area contributed by atoms with Gasteiger partial charge in [-0.1, -0.05) is 30.3 Å². The molecule has 0 bridgehead atoms. The molecule has 2 aromatic carbocycles. The van der Waals surface area contributed by atoms with Gasteiger partial charge < -0.3 is 15.8 Å². The van der Waals surface area contributed by atoms with Crippen LogP contribution in [0.2, 0.25) is 0 Å². The molecule has 8 heteroatoms. The lowest BCUT2D eigenvalue weighted by molar-refractivity contribution is 0.0996. The van der Waals surface area contributed by atoms with Crippen molar-refractivity contribution in [1.82, 2.24) is 14.8 Å². The maximum absolute atomic E-state index is 13.2. The van der Waals surface area contributed by atoms with E-state index in [-0.39, 0.29) is 11.6 Å². The van der Waals surface area contributed by atoms with E-state index in [1.807, 2.05) is 36.7 Å². The van der Waals surface area contributed by atoms with Gasteiger partial charge in [0.1, 0.15) is 11.4 Å². The zero-order valence-corrected chi connectivity index (χ0v) is 19.5. The van der Waals surface area contributed by atoms with Crippen LogP contribution in [0, 0.1) is 13.8 Å². The normalized spacial score (nSPS) is 10.9. The Morgan fingerprint density at radius 2 is 1.82 bits per heavy atom. The molecule has 0 aliphatic heterocycles. The molecule has 0 fully saturated rings. The van der Waals surface area contributed by atoms with Crippen LogP contribution in [0.1, 0.15) is 44.2 Å². The number of benzene rings is 2. The second kappa shape index (κ2) is 9.74. The van der Waals surface area contributed by atoms with E-state index >= 15 is 0 Å². The summed E-state index contributed by atoms with van der Waals surface area (Å²) in [5.41, 5.74) is 9.83. The maximum atomic E-state index is 13.2. The number of carbonyl (C=O) groups is 2. The zero-order chi connectivity index (χ0) is 24.2. The lowest BCUT2D eigenvalue weighted by Gasteiger charge is -2.10. The zero-order valence-electron chi connectivity index (χ0n) is 19.5. The summed E-state index contributed by atoms with van der Waals surface area (Å²) in [6, 6.07) is 16.6. The van der Waals surface area contributed by atoms with E-state index in [2.05, 4.69) is 27.5 Å². The van der Waals surface area contributed by atoms with Gasteiger partial charge in [-0.05, 0) is 56.5 Å². The Bertz CT molecular complexity index is 1360. The Morgan fingerprint density at radius 3 is 2.53 bits per heavy atom. The first-order chi connectivity index (χ1) is 16.4. The molecule has 0 atom stereocenters. The highest BCUT2D eigenvalue weighted by Crippen LogP contribution is 2.24. The number of hydrogen-bond acceptors (Lipinski definition) is 5. The number of methoxy groups -OCH3 is 1. The fourth-order valence-corrected chi connectivity index (χ4v) is 3.99. The van der Waals surface area contributed by atoms with Crippen molar-refractivity contribution < 1.29 is 14.3 Å². The minimum Gasteiger partial charge on any atom is -0.497 e. The minimum atomic E-state index is -0.683. The van der Waals surface area contributed by atoms with Crippen molar-refractivity contribution in [2.75, 3.05) is 12.4 Å². The molecule has 8 nitrogen and oxygen atoms in total. The Labute approximate surface area is 197 Å². The first-order valence-corrected chi connectivity index (χ1v) is 11.0. The highest BCUT2D eigenvalue weighted by atomic mass is 16.5. The van der Waals surface area contributed by atoms with Gasteiger partial charge in [-0.25, -0.2) is 4.98 Å². The van der Waals surface area contributed by atoms with Crippen molar-refractivity contribution >= 4 is 28.4 Å². The molecule has 0 spiro atoms. The summed E-state index contributed by atoms with van der Waals surface area (Å²) in [6.45, 7) is 4.52. The van der Waals surface area contributed by atoms with E-state index in [9.17, 15) is 9.59 Å². The smallest absolute Gasteiger partial charge is 0.267 e. The molecule has 3 N–H and O–H groups in total. The molecule has 0 aliphatic carbocycles. The van der Waals surface area contributed by atoms with E-state index in [0.717, 1.165) is 36.5 Å². The average Bonchev–Trinajstić information content (AvgIpc) is 3.11. The summed E-state index contributed by atoms with van der Waals surface area (Å²) >= 11 is 0. The molecule has 2 amide bonds. The van der Waals surface area contributed by atoms with Gasteiger partial charge in [0.2, 0.25) is 0 Å². The number of nitrogens with zero attached hydrogens (tertiary/aromatic N) is 3. The monoisotopic (exact) mass is 457 g/mol. The number of nitrogens with two attached hydrogens (primary N) is 1. The number of carbonyl (C=O) groups excluding carboxylic acids is 2. The van der Waals surface area contributed by atoms with Crippen LogP contribution in [0.4, 0.5) is 5.69 Å². The number of amides is 2. The van der Waals surface area contributed by atoms with E-state index in [1.54, 1.807) is 25.3 Å². The van der Waals surface area contributed by atoms with Crippen LogP contribution in [-0.4, -0.2) is 33.7 Å². The highest BCUT2D eigenvalue weighted by molar-refractivity contribution is 6.14. The number of anilines is 1. The Balaban J connectivity index is 1.51. The average molecular weight is 458 g/mol. The molecule has 0 aliphatic rings. The Kier molecular flexibility index (Phi) is 6.58. The van der Waals surface area contributed by atoms with Crippen molar-refractivity contribution in [3.05, 3.63) is 82.8 Å². The molecule has 0 saturated heterocycles. The third kappa shape index (κ3) is 4.76. The third-order valence-corrected chi connectivity index (χ3v) is 5.83. The largest absolute Gasteiger partial charge is 0.497 e. The third-order valence-electron chi connectivity index (χ3n) is 5.83. The SMILES string of the molecule is COc1ccc(CCCn2nc(C)c(NC(=O)c3cc(C(N)=O)nc4ccccc34)c2C)cc1. The molecule has 0 radical (unpaired) electrons. The van der Waals surface area contributed by atoms with Gasteiger partial charge >= 0.3 is 0 Å². The number of pyridine rings is 1. The Hall–Kier alpha value is -4.20. The molecule has 2 heterocycles. The number of ether oxygens (including phenoxy) is 1. The molecule has 34 heavy (non-hydrogen) atoms. The van der Waals surface area contributed by atoms with Crippen LogP contribution in [-0.2, 0) is 13.0 Å². The summed E-state index contributed by atoms with van der Waals surface area (Å²) in [7, 11) is 1.65. The molecule has 4 rings (SSSR count). The Morgan fingerprint density at radius 1 is 1.09 bits per heavy atom. The van der Waals surface area contributed by atoms with E-state index < -0.39 is 5.91 Å². The second-order valence-electron chi connectivity index (χ2n) is 8.11. The van der Waals surface area contributed by atoms with Crippen LogP contribution in [0.25, 0.3) is 10.9 Å². The molecular formula is C26H27N5O3. The van der Waals surface area contributed by atoms with Crippen LogP contribution in [0.3, 0.4) is 0 Å². The number of nitrogens with one attached hydrogen (secondary N) is 1. The lowest BCUT2D eigenvalue weighted by atomic mass is 10.1. The van der Waals surface area contributed by atoms with Gasteiger partial charge in [0.15, 0.2) is 0 Å². The van der Waals surface area contributed by atoms with Gasteiger partial charge in [0.05, 0.1) is 35.3 Å². The predicted octanol–water partition coefficient (Wildman–Crippen LogP) is 4.04. The van der Waals surface area contributed by atoms with Crippen molar-refractivity contribution in [3.63, 3.8) is 0 Å². The number of para-hydroxylation sites is 1. The van der Waals surface area contributed by atoms with Crippen molar-refractivity contribution in [1.29, 1.82) is 0 Å². The molecule has 0 saturated carbocycles. The van der Waals surface area contributed by atoms with Crippen LogP contribution in [0.5, 0.6) is 5.75 Å². The highest BCUT2D eigenvalue weighted by Gasteiger charge is 2.19. The molecular weight excluding hydrogens is 430 g/mol. The number of rotatable bonds is 8. The van der Waals surface area contributed by atoms with E-state index in [4.69, 9.17) is 10.5 Å². The summed E-state index contributed by atoms with van der Waals surface area (Å²) in [4.78, 5) is 29.2. The van der Waals surface area contributed by atoms with Gasteiger partial charge in [-0.2, -0.15) is 5.10 Å². The quantitative estimate of drug-likeness (QED) is 0.415. The predicted molar refractivity (Wildman–Crippen MR) is 131 cm³/mol. The number of primary amides is 1. The summed E-state index contributed by atoms with van der Waals surface area (Å²) in [5.74, 6) is -0.186. The number of aromatic nitrogens is 3. The van der Waals surface area contributed by atoms with Gasteiger partial charge in [0, 0.05) is 11.9 Å². The first-order valence-electron chi connectivity index (χ1n) is 11.0. The topological polar surface area (TPSA) is 112 Å². The molecule has 174 valence electrons. The van der Waals surface area contributed by atoms with E-state index in [1.165, 1.54) is 11.6 Å². The minimum absolute atomic E-state index is 0.0477. The number of aryl methyl sites for hydroxylation is 3. The van der Waals surface area contributed by atoms with Crippen LogP contribution < -0.4 is 15.8 Å². The summed E-state index contributed by atoms with van der Waals surface area (Å²) in [5, 5.41) is 8.24. The molecule has 4 aromatic rings. The van der Waals surface area contributed by atoms with Gasteiger partial charge in [0.25, 0.3) is 11.8 Å². The number of hydrogen-bond donors (Lipinski definition) is 2. The van der Waals surface area contributed by atoms with Crippen molar-refractivity contribution in [2.24, 2.45) is 5.73 Å². The molecule has 2 aromatic heterocycles. The van der Waals surface area contributed by atoms with Gasteiger partial charge in [-0.3, -0.25) is 14.3 Å². The van der Waals surface area contributed by atoms with Crippen molar-refractivity contribution in [2.45, 2.75) is 33.2 Å². The number of fused-ring (bicyclic) bond motifs is 1. The summed E-state index contributed by atoms with van der Waals surface area (Å²) < 4.78 is 7.12. The van der Waals surface area contributed by atoms with Gasteiger partial charge in [-0.15, -0.1) is 0 Å². The molecule has 0 unspecified atom stereocenters. The maximum Gasteiger partial charge on any atom is 0.267 e. The lowest BCUT2D eigenvalue weighted by Crippen LogP contribution is -2.18. The standard InChI is InChI=1S/C26H27N5O3/c1-16-24(17(2)31(30-16)14-6-7-18-10-12-19(34-3)13-11-18)29-26(33)21-15-23(25(27)32)28-22-9-5-4-8-20(21)22/h4-5,8-13,15H,6-7,14H2,1-3H3,(H2,27,32)(H,29,33). The fourth-order valence-electron chi connectivity index (χ4n) is 3.99. The summed E-state index contributed by atoms with van der Waals surface area (Å²) in [6.07, 6.45) is 1.81. The van der Waals surface area contributed by atoms with Crippen LogP contribution >= 0.6 is 0 Å². The van der Waals surface area contributed by atoms with Crippen LogP contribution in [0.15, 0.2) is 54.6 Å². The first kappa shape index (κ1) is 23.0. The van der Waals surface area contributed by atoms with E-state index in [0.29, 0.717) is 22.2 Å². The second-order valence-corrected chi connectivity index (χ2v) is 8.11.